The largest absolute Gasteiger partial charge is 0.115 e. The molecule has 0 bridgehead atoms. The smallest absolute Gasteiger partial charge is 0.00993 e. The third kappa shape index (κ3) is 8.81. The van der Waals surface area contributed by atoms with E-state index in [9.17, 15) is 0 Å². The molecule has 0 heteroatoms. The van der Waals surface area contributed by atoms with Gasteiger partial charge in [0.05, 0.1) is 0 Å². The van der Waals surface area contributed by atoms with Gasteiger partial charge in [-0.15, -0.1) is 6.42 Å². The van der Waals surface area contributed by atoms with Crippen LogP contribution < -0.4 is 0 Å². The molecule has 0 amide bonds. The minimum atomic E-state index is 1.12. The Morgan fingerprint density at radius 1 is 0.579 bits per heavy atom. The molecule has 0 saturated carbocycles. The number of hydrogen-bond acceptors (Lipinski definition) is 0. The van der Waals surface area contributed by atoms with Crippen molar-refractivity contribution in [2.45, 2.75) is 27.7 Å². The Morgan fingerprint density at radius 2 is 1.03 bits per heavy atom. The van der Waals surface area contributed by atoms with Gasteiger partial charge in [0.2, 0.25) is 0 Å². The fourth-order valence-electron chi connectivity index (χ4n) is 3.96. The predicted octanol–water partition coefficient (Wildman–Crippen LogP) is 10.6. The number of hydrogen-bond donors (Lipinski definition) is 0. The van der Waals surface area contributed by atoms with Gasteiger partial charge in [0.15, 0.2) is 0 Å². The third-order valence-corrected chi connectivity index (χ3v) is 6.03. The highest BCUT2D eigenvalue weighted by Gasteiger charge is 2.04. The molecular weight excluding hydrogens is 456 g/mol. The summed E-state index contributed by atoms with van der Waals surface area (Å²) in [6.07, 6.45) is 34.2. The van der Waals surface area contributed by atoms with Crippen LogP contribution in [0.3, 0.4) is 0 Å². The zero-order valence-electron chi connectivity index (χ0n) is 22.9. The van der Waals surface area contributed by atoms with E-state index in [-0.39, 0.29) is 0 Å². The van der Waals surface area contributed by atoms with Gasteiger partial charge in [-0.25, -0.2) is 0 Å². The van der Waals surface area contributed by atoms with Gasteiger partial charge < -0.3 is 0 Å². The summed E-state index contributed by atoms with van der Waals surface area (Å²) in [7, 11) is 0. The molecule has 3 aromatic carbocycles. The van der Waals surface area contributed by atoms with Crippen molar-refractivity contribution >= 4 is 27.6 Å². The quantitative estimate of drug-likeness (QED) is 0.158. The molecule has 0 aromatic heterocycles. The molecule has 0 aliphatic carbocycles. The van der Waals surface area contributed by atoms with Crippen molar-refractivity contribution in [3.63, 3.8) is 0 Å². The van der Waals surface area contributed by atoms with Crippen molar-refractivity contribution in [2.24, 2.45) is 0 Å². The van der Waals surface area contributed by atoms with Crippen molar-refractivity contribution < 1.29 is 0 Å². The van der Waals surface area contributed by atoms with E-state index in [4.69, 9.17) is 6.42 Å². The average Bonchev–Trinajstić information content (AvgIpc) is 2.92. The van der Waals surface area contributed by atoms with E-state index in [1.165, 1.54) is 43.8 Å². The maximum atomic E-state index is 5.23. The van der Waals surface area contributed by atoms with E-state index in [2.05, 4.69) is 142 Å². The fourth-order valence-corrected chi connectivity index (χ4v) is 3.96. The lowest BCUT2D eigenvalue weighted by Crippen LogP contribution is -1.83. The third-order valence-electron chi connectivity index (χ3n) is 6.03. The Balaban J connectivity index is 1.64. The number of benzene rings is 3. The zero-order valence-corrected chi connectivity index (χ0v) is 22.9. The van der Waals surface area contributed by atoms with E-state index in [0.29, 0.717) is 0 Å². The standard InChI is InChI=1S/C38H36/c1-6-7-16-30(2)19-14-20-31(3)17-8-9-18-32(4)21-15-22-33(5)27-28-38-36-25-12-10-23-34(36)29-35-24-11-13-26-37(35)38/h1,7-29H,2-5H3/b9-8+,16-7+,20-14+,21-15+,28-27+,30-19+,31-17+,32-18+,33-22+. The topological polar surface area (TPSA) is 0 Å². The molecule has 0 fully saturated rings. The van der Waals surface area contributed by atoms with Crippen LogP contribution in [0.1, 0.15) is 33.3 Å². The van der Waals surface area contributed by atoms with E-state index in [0.717, 1.165) is 5.57 Å². The lowest BCUT2D eigenvalue weighted by atomic mass is 9.96. The normalized spacial score (nSPS) is 14.4. The van der Waals surface area contributed by atoms with Gasteiger partial charge in [-0.3, -0.25) is 0 Å². The Hall–Kier alpha value is -4.60. The molecule has 0 aliphatic rings. The van der Waals surface area contributed by atoms with Crippen molar-refractivity contribution in [2.75, 3.05) is 0 Å². The van der Waals surface area contributed by atoms with Crippen LogP contribution in [0.5, 0.6) is 0 Å². The van der Waals surface area contributed by atoms with Crippen LogP contribution >= 0.6 is 0 Å². The summed E-state index contributed by atoms with van der Waals surface area (Å²) in [5, 5.41) is 5.09. The maximum absolute atomic E-state index is 5.23. The van der Waals surface area contributed by atoms with Crippen LogP contribution in [-0.4, -0.2) is 0 Å². The molecular formula is C38H36. The monoisotopic (exact) mass is 492 g/mol. The van der Waals surface area contributed by atoms with Gasteiger partial charge >= 0.3 is 0 Å². The number of terminal acetylenes is 1. The highest BCUT2D eigenvalue weighted by molar-refractivity contribution is 6.06. The first-order valence-corrected chi connectivity index (χ1v) is 12.9. The molecule has 0 N–H and O–H groups in total. The van der Waals surface area contributed by atoms with Crippen LogP contribution in [0.4, 0.5) is 0 Å². The van der Waals surface area contributed by atoms with Gasteiger partial charge in [0.25, 0.3) is 0 Å². The summed E-state index contributed by atoms with van der Waals surface area (Å²) in [6, 6.07) is 19.5. The highest BCUT2D eigenvalue weighted by Crippen LogP contribution is 2.29. The van der Waals surface area contributed by atoms with E-state index >= 15 is 0 Å². The van der Waals surface area contributed by atoms with Gasteiger partial charge in [0.1, 0.15) is 0 Å². The van der Waals surface area contributed by atoms with Crippen molar-refractivity contribution in [1.82, 2.24) is 0 Å². The molecule has 0 nitrogen and oxygen atoms in total. The van der Waals surface area contributed by atoms with Gasteiger partial charge in [-0.1, -0.05) is 156 Å². The molecule has 0 saturated heterocycles. The summed E-state index contributed by atoms with van der Waals surface area (Å²) < 4.78 is 0. The second kappa shape index (κ2) is 14.8. The van der Waals surface area contributed by atoms with Crippen LogP contribution in [0.25, 0.3) is 27.6 Å². The minimum absolute atomic E-state index is 1.12. The molecule has 0 radical (unpaired) electrons. The summed E-state index contributed by atoms with van der Waals surface area (Å²) in [6.45, 7) is 8.35. The minimum Gasteiger partial charge on any atom is -0.115 e. The SMILES string of the molecule is C#C/C=C/C(C)=C/C=C/C(C)=C/C=C/C=C(C)/C=C/C=C(C)/C=C/c1c2ccccc2cc2ccccc12. The fraction of sp³-hybridized carbons (Fsp3) is 0.105. The summed E-state index contributed by atoms with van der Waals surface area (Å²) in [5.41, 5.74) is 5.95. The highest BCUT2D eigenvalue weighted by atomic mass is 14.1. The van der Waals surface area contributed by atoms with E-state index < -0.39 is 0 Å². The number of allylic oxidation sites excluding steroid dienone is 17. The second-order valence-electron chi connectivity index (χ2n) is 9.31. The van der Waals surface area contributed by atoms with Gasteiger partial charge in [0, 0.05) is 0 Å². The molecule has 38 heavy (non-hydrogen) atoms. The number of rotatable bonds is 9. The lowest BCUT2D eigenvalue weighted by molar-refractivity contribution is 1.49. The summed E-state index contributed by atoms with van der Waals surface area (Å²) in [4.78, 5) is 0. The molecule has 3 rings (SSSR count). The van der Waals surface area contributed by atoms with Crippen LogP contribution in [0.15, 0.2) is 156 Å². The molecule has 0 aliphatic heterocycles. The molecule has 188 valence electrons. The average molecular weight is 493 g/mol. The first-order valence-electron chi connectivity index (χ1n) is 12.9. The van der Waals surface area contributed by atoms with Crippen molar-refractivity contribution in [1.29, 1.82) is 0 Å². The maximum Gasteiger partial charge on any atom is -0.00993 e. The van der Waals surface area contributed by atoms with Crippen LogP contribution in [0.2, 0.25) is 0 Å². The molecule has 0 unspecified atom stereocenters. The van der Waals surface area contributed by atoms with Crippen molar-refractivity contribution in [3.8, 4) is 12.3 Å². The molecule has 0 spiro atoms. The lowest BCUT2D eigenvalue weighted by Gasteiger charge is -2.08. The van der Waals surface area contributed by atoms with Gasteiger partial charge in [-0.05, 0) is 66.9 Å². The zero-order chi connectivity index (χ0) is 27.2. The van der Waals surface area contributed by atoms with E-state index in [1.807, 2.05) is 25.2 Å². The Bertz CT molecular complexity index is 1520. The Labute approximate surface area is 228 Å². The summed E-state index contributed by atoms with van der Waals surface area (Å²) >= 11 is 0. The Morgan fingerprint density at radius 3 is 1.55 bits per heavy atom. The summed E-state index contributed by atoms with van der Waals surface area (Å²) in [5.74, 6) is 2.50. The Kier molecular flexibility index (Phi) is 10.9. The first-order chi connectivity index (χ1) is 18.5. The van der Waals surface area contributed by atoms with E-state index in [1.54, 1.807) is 6.08 Å². The predicted molar refractivity (Wildman–Crippen MR) is 171 cm³/mol. The molecule has 3 aromatic rings. The van der Waals surface area contributed by atoms with Crippen LogP contribution in [0, 0.1) is 12.3 Å². The molecule has 0 atom stereocenters. The first kappa shape index (κ1) is 28.0. The van der Waals surface area contributed by atoms with Gasteiger partial charge in [-0.2, -0.15) is 0 Å². The number of fused-ring (bicyclic) bond motifs is 2. The molecule has 0 heterocycles. The second-order valence-corrected chi connectivity index (χ2v) is 9.31. The van der Waals surface area contributed by atoms with Crippen molar-refractivity contribution in [3.05, 3.63) is 161 Å². The van der Waals surface area contributed by atoms with Crippen LogP contribution in [-0.2, 0) is 0 Å².